The van der Waals surface area contributed by atoms with Gasteiger partial charge in [0.25, 0.3) is 0 Å². The molecule has 0 aliphatic heterocycles. The normalized spacial score (nSPS) is 13.5. The van der Waals surface area contributed by atoms with Crippen LogP contribution in [-0.2, 0) is 35.9 Å². The molecule has 0 aliphatic rings. The molecule has 13 heteroatoms. The van der Waals surface area contributed by atoms with Crippen molar-refractivity contribution < 1.29 is 23.9 Å². The van der Waals surface area contributed by atoms with Gasteiger partial charge in [-0.15, -0.1) is 5.10 Å². The number of rotatable bonds is 25. The quantitative estimate of drug-likeness (QED) is 0.0988. The molecule has 1 rings (SSSR count). The first-order chi connectivity index (χ1) is 21.4. The van der Waals surface area contributed by atoms with Crippen LogP contribution in [0.25, 0.3) is 0 Å². The van der Waals surface area contributed by atoms with Gasteiger partial charge in [0.2, 0.25) is 17.7 Å². The van der Waals surface area contributed by atoms with Crippen LogP contribution in [0.3, 0.4) is 0 Å². The molecule has 0 saturated heterocycles. The lowest BCUT2D eigenvalue weighted by molar-refractivity contribution is -0.124. The second-order valence-electron chi connectivity index (χ2n) is 14.1. The van der Waals surface area contributed by atoms with Crippen molar-refractivity contribution in [2.45, 2.75) is 149 Å². The molecule has 0 radical (unpaired) electrons. The van der Waals surface area contributed by atoms with Crippen molar-refractivity contribution in [2.75, 3.05) is 19.7 Å². The van der Waals surface area contributed by atoms with Crippen LogP contribution in [0.2, 0.25) is 0 Å². The largest absolute Gasteiger partial charge is 0.373 e. The van der Waals surface area contributed by atoms with Gasteiger partial charge in [0, 0.05) is 50.5 Å². The van der Waals surface area contributed by atoms with Gasteiger partial charge >= 0.3 is 0 Å². The highest BCUT2D eigenvalue weighted by Gasteiger charge is 2.28. The highest BCUT2D eigenvalue weighted by molar-refractivity contribution is 5.85. The lowest BCUT2D eigenvalue weighted by Crippen LogP contribution is -2.44. The fraction of sp³-hybridized carbons (Fsp3) is 0.818. The van der Waals surface area contributed by atoms with Crippen molar-refractivity contribution in [3.8, 4) is 0 Å². The highest BCUT2D eigenvalue weighted by Crippen LogP contribution is 2.22. The van der Waals surface area contributed by atoms with E-state index in [9.17, 15) is 19.2 Å². The Morgan fingerprint density at radius 3 is 2.07 bits per heavy atom. The molecule has 1 aromatic rings. The summed E-state index contributed by atoms with van der Waals surface area (Å²) in [5, 5.41) is 17.6. The molecule has 13 nitrogen and oxygen atoms in total. The number of nitrogens with one attached hydrogen (secondary N) is 3. The maximum atomic E-state index is 12.4. The summed E-state index contributed by atoms with van der Waals surface area (Å²) in [7, 11) is 0. The molecule has 264 valence electrons. The zero-order valence-corrected chi connectivity index (χ0v) is 29.6. The molecule has 7 N–H and O–H groups in total. The number of hydrogen-bond donors (Lipinski definition) is 5. The number of hydrogen-bond acceptors (Lipinski definition) is 9. The Kier molecular flexibility index (Phi) is 18.2. The van der Waals surface area contributed by atoms with Crippen LogP contribution in [0.15, 0.2) is 6.20 Å². The van der Waals surface area contributed by atoms with Crippen LogP contribution < -0.4 is 27.4 Å². The first-order valence-corrected chi connectivity index (χ1v) is 16.9. The third-order valence-corrected chi connectivity index (χ3v) is 7.86. The number of carbonyl (C=O) groups excluding carboxylic acids is 4. The number of primary amides is 1. The number of unbranched alkanes of at least 4 members (excludes halogenated alkanes) is 2. The van der Waals surface area contributed by atoms with Crippen molar-refractivity contribution in [1.29, 1.82) is 0 Å². The van der Waals surface area contributed by atoms with Gasteiger partial charge in [-0.05, 0) is 72.6 Å². The number of nitrogens with zero attached hydrogens (tertiary/aromatic N) is 3. The third-order valence-electron chi connectivity index (χ3n) is 7.86. The molecule has 0 aliphatic carbocycles. The Hall–Kier alpha value is -2.90. The summed E-state index contributed by atoms with van der Waals surface area (Å²) in [6.07, 6.45) is 7.89. The minimum Gasteiger partial charge on any atom is -0.373 e. The molecule has 1 aromatic heterocycles. The number of ketones is 1. The van der Waals surface area contributed by atoms with E-state index in [1.807, 2.05) is 61.6 Å². The molecule has 0 aromatic carbocycles. The fourth-order valence-electron chi connectivity index (χ4n) is 4.75. The summed E-state index contributed by atoms with van der Waals surface area (Å²) >= 11 is 0. The molecule has 3 amide bonds. The predicted molar refractivity (Wildman–Crippen MR) is 180 cm³/mol. The summed E-state index contributed by atoms with van der Waals surface area (Å²) in [5.41, 5.74) is 11.1. The molecule has 46 heavy (non-hydrogen) atoms. The summed E-state index contributed by atoms with van der Waals surface area (Å²) in [5.74, 6) is -0.425. The van der Waals surface area contributed by atoms with E-state index in [2.05, 4.69) is 26.3 Å². The highest BCUT2D eigenvalue weighted by atomic mass is 16.5. The third kappa shape index (κ3) is 17.1. The van der Waals surface area contributed by atoms with Crippen LogP contribution in [0.5, 0.6) is 0 Å². The molecule has 0 fully saturated rings. The standard InChI is InChI=1S/C33H62N8O5/c1-23(2)30(44)26(34)13-9-11-19-36-28(42)16-15-25-21-41(40-39-25)32(5,6)22-46-33(7,8)18-17-29(43)37-20-12-10-14-27(31(35)45)38-24(3)4/h21,23-24,26-27,38H,9-20,22,34H2,1-8H3,(H2,35,45)(H,36,42)(H,37,43). The number of Topliss-reactive ketones (excluding diaryl/α,β-unsaturated/α-hetero) is 1. The van der Waals surface area contributed by atoms with Crippen LogP contribution in [0.4, 0.5) is 0 Å². The second-order valence-corrected chi connectivity index (χ2v) is 14.1. The molecule has 0 spiro atoms. The number of aromatic nitrogens is 3. The molecule has 0 bridgehead atoms. The summed E-state index contributed by atoms with van der Waals surface area (Å²) in [6, 6.07) is -0.612. The molecule has 1 heterocycles. The van der Waals surface area contributed by atoms with E-state index in [-0.39, 0.29) is 41.5 Å². The van der Waals surface area contributed by atoms with Crippen molar-refractivity contribution in [2.24, 2.45) is 17.4 Å². The lowest BCUT2D eigenvalue weighted by Gasteiger charge is -2.31. The first kappa shape index (κ1) is 41.1. The lowest BCUT2D eigenvalue weighted by atomic mass is 9.98. The minimum atomic E-state index is -0.525. The fourth-order valence-corrected chi connectivity index (χ4v) is 4.75. The van der Waals surface area contributed by atoms with Gasteiger partial charge < -0.3 is 32.2 Å². The molecule has 2 atom stereocenters. The van der Waals surface area contributed by atoms with Gasteiger partial charge in [-0.25, -0.2) is 4.68 Å². The van der Waals surface area contributed by atoms with Crippen molar-refractivity contribution in [3.63, 3.8) is 0 Å². The zero-order valence-electron chi connectivity index (χ0n) is 29.6. The Balaban J connectivity index is 2.34. The number of ether oxygens (including phenoxy) is 1. The summed E-state index contributed by atoms with van der Waals surface area (Å²) < 4.78 is 7.98. The van der Waals surface area contributed by atoms with Crippen molar-refractivity contribution in [1.82, 2.24) is 30.9 Å². The van der Waals surface area contributed by atoms with E-state index < -0.39 is 17.2 Å². The van der Waals surface area contributed by atoms with Crippen molar-refractivity contribution in [3.05, 3.63) is 11.9 Å². The predicted octanol–water partition coefficient (Wildman–Crippen LogP) is 2.50. The maximum Gasteiger partial charge on any atom is 0.234 e. The summed E-state index contributed by atoms with van der Waals surface area (Å²) in [4.78, 5) is 48.1. The Morgan fingerprint density at radius 1 is 0.913 bits per heavy atom. The smallest absolute Gasteiger partial charge is 0.234 e. The topological polar surface area (TPSA) is 196 Å². The van der Waals surface area contributed by atoms with Gasteiger partial charge in [-0.2, -0.15) is 0 Å². The molecule has 0 saturated carbocycles. The van der Waals surface area contributed by atoms with Crippen molar-refractivity contribution >= 4 is 23.5 Å². The number of amides is 3. The zero-order chi connectivity index (χ0) is 34.9. The number of carbonyl (C=O) groups is 4. The van der Waals surface area contributed by atoms with Crippen LogP contribution >= 0.6 is 0 Å². The van der Waals surface area contributed by atoms with E-state index in [0.29, 0.717) is 58.2 Å². The van der Waals surface area contributed by atoms with Crippen LogP contribution in [-0.4, -0.2) is 81.9 Å². The summed E-state index contributed by atoms with van der Waals surface area (Å²) in [6.45, 7) is 17.0. The SMILES string of the molecule is CC(C)NC(CCCCNC(=O)CCC(C)(C)OCC(C)(C)n1cc(CCC(=O)NCCCCC(N)C(=O)C(C)C)nn1)C(N)=O. The maximum absolute atomic E-state index is 12.4. The second kappa shape index (κ2) is 20.4. The van der Waals surface area contributed by atoms with E-state index in [1.54, 1.807) is 4.68 Å². The van der Waals surface area contributed by atoms with Gasteiger partial charge in [0.05, 0.1) is 35.5 Å². The van der Waals surface area contributed by atoms with Crippen LogP contribution in [0.1, 0.15) is 119 Å². The molecule has 2 unspecified atom stereocenters. The average Bonchev–Trinajstić information content (AvgIpc) is 3.46. The number of nitrogens with two attached hydrogens (primary N) is 2. The van der Waals surface area contributed by atoms with E-state index in [1.165, 1.54) is 0 Å². The Labute approximate surface area is 276 Å². The first-order valence-electron chi connectivity index (χ1n) is 16.9. The van der Waals surface area contributed by atoms with Gasteiger partial charge in [-0.3, -0.25) is 19.2 Å². The van der Waals surface area contributed by atoms with E-state index in [4.69, 9.17) is 16.2 Å². The molecular weight excluding hydrogens is 588 g/mol. The van der Waals surface area contributed by atoms with Gasteiger partial charge in [-0.1, -0.05) is 32.9 Å². The average molecular weight is 651 g/mol. The monoisotopic (exact) mass is 650 g/mol. The Morgan fingerprint density at radius 2 is 1.50 bits per heavy atom. The number of aryl methyl sites for hydroxylation is 1. The molecular formula is C33H62N8O5. The van der Waals surface area contributed by atoms with E-state index in [0.717, 1.165) is 31.4 Å². The Bertz CT molecular complexity index is 1090. The minimum absolute atomic E-state index is 0.0324. The van der Waals surface area contributed by atoms with Gasteiger partial charge in [0.1, 0.15) is 0 Å². The van der Waals surface area contributed by atoms with E-state index >= 15 is 0 Å². The van der Waals surface area contributed by atoms with Gasteiger partial charge in [0.15, 0.2) is 5.78 Å². The van der Waals surface area contributed by atoms with Crippen LogP contribution in [0, 0.1) is 5.92 Å².